The van der Waals surface area contributed by atoms with Gasteiger partial charge in [0.2, 0.25) is 12.3 Å². The van der Waals surface area contributed by atoms with Gasteiger partial charge in [0.25, 0.3) is 0 Å². The van der Waals surface area contributed by atoms with Gasteiger partial charge >= 0.3 is 0 Å². The minimum Gasteiger partial charge on any atom is -0.352 e. The molecule has 41 heavy (non-hydrogen) atoms. The zero-order chi connectivity index (χ0) is 29.1. The largest absolute Gasteiger partial charge is 0.352 e. The third kappa shape index (κ3) is 5.60. The number of carbonyl (C=O) groups excluding carboxylic acids is 2. The SMILES string of the molecule is C=CC(=O)N1CCN(/C(=N/c2ccccc2C(C)C)c2cc(Cl)c(-c3c(C)ccc4[nH]ncc34)cc2NC=O)CC1. The number of aryl methyl sites for hydroxylation is 1. The first-order valence-electron chi connectivity index (χ1n) is 13.6. The number of nitrogens with zero attached hydrogens (tertiary/aromatic N) is 4. The fourth-order valence-electron chi connectivity index (χ4n) is 5.38. The van der Waals surface area contributed by atoms with Crippen molar-refractivity contribution in [2.75, 3.05) is 31.5 Å². The van der Waals surface area contributed by atoms with Gasteiger partial charge in [-0.1, -0.05) is 56.3 Å². The molecule has 2 N–H and O–H groups in total. The Labute approximate surface area is 244 Å². The highest BCUT2D eigenvalue weighted by Crippen LogP contribution is 2.39. The average Bonchev–Trinajstić information content (AvgIpc) is 3.46. The number of para-hydroxylation sites is 1. The highest BCUT2D eigenvalue weighted by Gasteiger charge is 2.26. The molecule has 9 heteroatoms. The van der Waals surface area contributed by atoms with Gasteiger partial charge in [0.05, 0.1) is 23.1 Å². The van der Waals surface area contributed by atoms with Crippen molar-refractivity contribution < 1.29 is 9.59 Å². The number of rotatable bonds is 7. The van der Waals surface area contributed by atoms with E-state index in [0.717, 1.165) is 38.8 Å². The molecule has 0 atom stereocenters. The first-order valence-corrected chi connectivity index (χ1v) is 14.0. The van der Waals surface area contributed by atoms with Crippen molar-refractivity contribution in [2.24, 2.45) is 4.99 Å². The molecule has 2 amide bonds. The van der Waals surface area contributed by atoms with Gasteiger partial charge in [-0.15, -0.1) is 0 Å². The summed E-state index contributed by atoms with van der Waals surface area (Å²) in [5.74, 6) is 0.850. The van der Waals surface area contributed by atoms with E-state index in [2.05, 4.69) is 46.9 Å². The molecule has 0 saturated carbocycles. The molecule has 0 spiro atoms. The van der Waals surface area contributed by atoms with E-state index in [-0.39, 0.29) is 11.8 Å². The fraction of sp³-hybridized carbons (Fsp3) is 0.250. The lowest BCUT2D eigenvalue weighted by atomic mass is 9.94. The van der Waals surface area contributed by atoms with Crippen molar-refractivity contribution in [2.45, 2.75) is 26.7 Å². The van der Waals surface area contributed by atoms with Gasteiger partial charge < -0.3 is 15.1 Å². The van der Waals surface area contributed by atoms with E-state index in [1.807, 2.05) is 49.4 Å². The average molecular weight is 569 g/mol. The number of benzene rings is 3. The van der Waals surface area contributed by atoms with Crippen molar-refractivity contribution in [3.05, 3.63) is 89.1 Å². The molecule has 0 aliphatic carbocycles. The normalized spacial score (nSPS) is 14.0. The van der Waals surface area contributed by atoms with Crippen LogP contribution in [0.25, 0.3) is 22.0 Å². The summed E-state index contributed by atoms with van der Waals surface area (Å²) >= 11 is 7.04. The first kappa shape index (κ1) is 28.1. The second-order valence-electron chi connectivity index (χ2n) is 10.4. The summed E-state index contributed by atoms with van der Waals surface area (Å²) in [7, 11) is 0. The number of H-pyrrole nitrogens is 1. The van der Waals surface area contributed by atoms with Crippen LogP contribution in [0, 0.1) is 6.92 Å². The van der Waals surface area contributed by atoms with Gasteiger partial charge in [0.15, 0.2) is 0 Å². The van der Waals surface area contributed by atoms with Crippen LogP contribution in [0.2, 0.25) is 5.02 Å². The molecule has 8 nitrogen and oxygen atoms in total. The minimum absolute atomic E-state index is 0.0900. The topological polar surface area (TPSA) is 93.7 Å². The molecule has 0 unspecified atom stereocenters. The Morgan fingerprint density at radius 2 is 1.85 bits per heavy atom. The molecular weight excluding hydrogens is 536 g/mol. The number of hydrogen-bond donors (Lipinski definition) is 2. The molecule has 1 saturated heterocycles. The lowest BCUT2D eigenvalue weighted by Crippen LogP contribution is -2.50. The number of anilines is 1. The van der Waals surface area contributed by atoms with Gasteiger partial charge in [0.1, 0.15) is 5.84 Å². The molecule has 3 aromatic carbocycles. The van der Waals surface area contributed by atoms with Gasteiger partial charge in [-0.3, -0.25) is 14.7 Å². The molecule has 2 heterocycles. The third-order valence-corrected chi connectivity index (χ3v) is 7.83. The van der Waals surface area contributed by atoms with Crippen LogP contribution < -0.4 is 5.32 Å². The van der Waals surface area contributed by atoms with Crippen LogP contribution in [0.3, 0.4) is 0 Å². The van der Waals surface area contributed by atoms with Crippen molar-refractivity contribution in [1.82, 2.24) is 20.0 Å². The molecule has 0 radical (unpaired) electrons. The van der Waals surface area contributed by atoms with Gasteiger partial charge in [-0.25, -0.2) is 4.99 Å². The Morgan fingerprint density at radius 1 is 1.12 bits per heavy atom. The number of carbonyl (C=O) groups is 2. The van der Waals surface area contributed by atoms with Crippen molar-refractivity contribution >= 4 is 52.0 Å². The molecule has 1 aliphatic rings. The maximum Gasteiger partial charge on any atom is 0.246 e. The Hall–Kier alpha value is -4.43. The number of hydrogen-bond acceptors (Lipinski definition) is 4. The van der Waals surface area contributed by atoms with Crippen LogP contribution in [-0.4, -0.2) is 64.3 Å². The molecule has 1 aliphatic heterocycles. The van der Waals surface area contributed by atoms with E-state index in [1.165, 1.54) is 6.08 Å². The Balaban J connectivity index is 1.68. The number of aromatic nitrogens is 2. The molecule has 0 bridgehead atoms. The lowest BCUT2D eigenvalue weighted by molar-refractivity contribution is -0.127. The smallest absolute Gasteiger partial charge is 0.246 e. The van der Waals surface area contributed by atoms with Crippen LogP contribution in [0.5, 0.6) is 0 Å². The second-order valence-corrected chi connectivity index (χ2v) is 10.8. The molecule has 5 rings (SSSR count). The minimum atomic E-state index is -0.0900. The number of piperazine rings is 1. The van der Waals surface area contributed by atoms with Gasteiger partial charge in [-0.05, 0) is 59.9 Å². The number of aliphatic imine (C=N–C) groups is 1. The zero-order valence-electron chi connectivity index (χ0n) is 23.4. The molecular formula is C32H33ClN6O2. The number of aromatic amines is 1. The van der Waals surface area contributed by atoms with E-state index in [9.17, 15) is 9.59 Å². The summed E-state index contributed by atoms with van der Waals surface area (Å²) in [6, 6.07) is 15.8. The van der Waals surface area contributed by atoms with E-state index in [0.29, 0.717) is 54.7 Å². The summed E-state index contributed by atoms with van der Waals surface area (Å²) in [6.07, 6.45) is 3.80. The monoisotopic (exact) mass is 568 g/mol. The molecule has 1 aromatic heterocycles. The third-order valence-electron chi connectivity index (χ3n) is 7.51. The number of fused-ring (bicyclic) bond motifs is 1. The van der Waals surface area contributed by atoms with Crippen LogP contribution in [0.15, 0.2) is 72.4 Å². The van der Waals surface area contributed by atoms with Gasteiger partial charge in [0, 0.05) is 47.7 Å². The summed E-state index contributed by atoms with van der Waals surface area (Å²) in [5.41, 5.74) is 6.91. The molecule has 4 aromatic rings. The zero-order valence-corrected chi connectivity index (χ0v) is 24.2. The van der Waals surface area contributed by atoms with Crippen molar-refractivity contribution in [1.29, 1.82) is 0 Å². The number of amidine groups is 1. The maximum absolute atomic E-state index is 12.3. The van der Waals surface area contributed by atoms with Crippen LogP contribution in [-0.2, 0) is 9.59 Å². The maximum atomic E-state index is 12.3. The van der Waals surface area contributed by atoms with E-state index >= 15 is 0 Å². The van der Waals surface area contributed by atoms with Crippen LogP contribution >= 0.6 is 11.6 Å². The van der Waals surface area contributed by atoms with E-state index in [4.69, 9.17) is 16.6 Å². The molecule has 1 fully saturated rings. The Kier molecular flexibility index (Phi) is 8.21. The summed E-state index contributed by atoms with van der Waals surface area (Å²) in [5, 5.41) is 11.6. The highest BCUT2D eigenvalue weighted by molar-refractivity contribution is 6.34. The summed E-state index contributed by atoms with van der Waals surface area (Å²) < 4.78 is 0. The van der Waals surface area contributed by atoms with Crippen molar-refractivity contribution in [3.8, 4) is 11.1 Å². The second kappa shape index (κ2) is 12.0. The molecule has 210 valence electrons. The lowest BCUT2D eigenvalue weighted by Gasteiger charge is -2.36. The van der Waals surface area contributed by atoms with Gasteiger partial charge in [-0.2, -0.15) is 5.10 Å². The number of nitrogens with one attached hydrogen (secondary N) is 2. The van der Waals surface area contributed by atoms with Crippen LogP contribution in [0.4, 0.5) is 11.4 Å². The first-order chi connectivity index (χ1) is 19.8. The van der Waals surface area contributed by atoms with Crippen LogP contribution in [0.1, 0.15) is 36.5 Å². The summed E-state index contributed by atoms with van der Waals surface area (Å²) in [4.78, 5) is 33.3. The predicted octanol–water partition coefficient (Wildman–Crippen LogP) is 6.29. The van der Waals surface area contributed by atoms with E-state index < -0.39 is 0 Å². The predicted molar refractivity (Wildman–Crippen MR) is 166 cm³/mol. The standard InChI is InChI=1S/C32H33ClN6O2/c1-5-30(41)38-12-14-39(15-13-38)32(36-27-9-7-6-8-22(27)20(2)3)24-16-26(33)23(17-29(24)34-19-40)31-21(4)10-11-28-25(31)18-35-37-28/h5-11,16-20H,1,12-15H2,2-4H3,(H,34,40)(H,35,37)/b36-32+. The number of halogens is 1. The Morgan fingerprint density at radius 3 is 2.56 bits per heavy atom. The van der Waals surface area contributed by atoms with Crippen molar-refractivity contribution in [3.63, 3.8) is 0 Å². The fourth-order valence-corrected chi connectivity index (χ4v) is 5.64. The summed E-state index contributed by atoms with van der Waals surface area (Å²) in [6.45, 7) is 12.1. The highest BCUT2D eigenvalue weighted by atomic mass is 35.5. The van der Waals surface area contributed by atoms with E-state index in [1.54, 1.807) is 11.1 Å². The number of amides is 2. The Bertz CT molecular complexity index is 1650. The quantitative estimate of drug-likeness (QED) is 0.118.